The zero-order valence-electron chi connectivity index (χ0n) is 39.6. The summed E-state index contributed by atoms with van der Waals surface area (Å²) in [6.45, 7) is 35.2. The van der Waals surface area contributed by atoms with Gasteiger partial charge in [0.2, 0.25) is 0 Å². The van der Waals surface area contributed by atoms with Gasteiger partial charge < -0.3 is 23.1 Å². The number of aryl methyl sites for hydroxylation is 1. The lowest BCUT2D eigenvalue weighted by molar-refractivity contribution is -0.151. The molecule has 1 fully saturated rings. The van der Waals surface area contributed by atoms with Gasteiger partial charge in [-0.3, -0.25) is 0 Å². The summed E-state index contributed by atoms with van der Waals surface area (Å²) < 4.78 is 49.2. The molecule has 60 heavy (non-hydrogen) atoms. The van der Waals surface area contributed by atoms with Gasteiger partial charge in [-0.15, -0.1) is 0 Å². The minimum absolute atomic E-state index is 0.0269. The van der Waals surface area contributed by atoms with Gasteiger partial charge in [-0.2, -0.15) is 0 Å². The maximum Gasteiger partial charge on any atom is 0.339 e. The maximum atomic E-state index is 15.5. The largest absolute Gasteiger partial charge is 0.462 e. The van der Waals surface area contributed by atoms with Crippen molar-refractivity contribution in [3.8, 4) is 0 Å². The Balaban J connectivity index is 1.67. The number of esters is 1. The minimum Gasteiger partial charge on any atom is -0.462 e. The highest BCUT2D eigenvalue weighted by atomic mass is 28.4. The summed E-state index contributed by atoms with van der Waals surface area (Å²) in [4.78, 5) is 13.3. The molecule has 0 aliphatic carbocycles. The van der Waals surface area contributed by atoms with Gasteiger partial charge in [0.15, 0.2) is 14.1 Å². The van der Waals surface area contributed by atoms with Crippen LogP contribution in [0.3, 0.4) is 0 Å². The fraction of sp³-hybridized carbons (Fsp3) is 0.540. The third-order valence-electron chi connectivity index (χ3n) is 12.2. The van der Waals surface area contributed by atoms with Crippen LogP contribution in [0, 0.1) is 18.7 Å². The molecule has 1 heterocycles. The zero-order chi connectivity index (χ0) is 44.9. The van der Waals surface area contributed by atoms with Crippen LogP contribution in [0.2, 0.25) is 48.9 Å². The molecular formula is C50H75FO6Si3. The highest BCUT2D eigenvalue weighted by Gasteiger charge is 2.52. The van der Waals surface area contributed by atoms with E-state index < -0.39 is 60.6 Å². The summed E-state index contributed by atoms with van der Waals surface area (Å²) in [5, 5.41) is 2.28. The molecule has 6 nitrogen and oxygen atoms in total. The van der Waals surface area contributed by atoms with Gasteiger partial charge in [-0.25, -0.2) is 9.18 Å². The van der Waals surface area contributed by atoms with Crippen LogP contribution in [-0.2, 0) is 23.1 Å². The fourth-order valence-corrected chi connectivity index (χ4v) is 14.3. The molecule has 330 valence electrons. The highest BCUT2D eigenvalue weighted by molar-refractivity contribution is 6.99. The van der Waals surface area contributed by atoms with E-state index >= 15 is 4.39 Å². The highest BCUT2D eigenvalue weighted by Crippen LogP contribution is 2.42. The van der Waals surface area contributed by atoms with E-state index in [-0.39, 0.29) is 33.2 Å². The number of benzene rings is 3. The minimum atomic E-state index is -2.79. The molecule has 0 saturated carbocycles. The van der Waals surface area contributed by atoms with Crippen molar-refractivity contribution in [2.24, 2.45) is 5.92 Å². The Morgan fingerprint density at radius 1 is 0.817 bits per heavy atom. The molecule has 3 aromatic carbocycles. The van der Waals surface area contributed by atoms with E-state index in [4.69, 9.17) is 23.1 Å². The van der Waals surface area contributed by atoms with E-state index in [2.05, 4.69) is 161 Å². The van der Waals surface area contributed by atoms with Crippen molar-refractivity contribution in [1.29, 1.82) is 0 Å². The predicted molar refractivity (Wildman–Crippen MR) is 256 cm³/mol. The van der Waals surface area contributed by atoms with Crippen molar-refractivity contribution < 1.29 is 32.2 Å². The van der Waals surface area contributed by atoms with Gasteiger partial charge in [-0.1, -0.05) is 159 Å². The maximum absolute atomic E-state index is 15.5. The van der Waals surface area contributed by atoms with Crippen molar-refractivity contribution in [3.63, 3.8) is 0 Å². The van der Waals surface area contributed by atoms with Crippen LogP contribution >= 0.6 is 0 Å². The monoisotopic (exact) mass is 874 g/mol. The van der Waals surface area contributed by atoms with E-state index in [9.17, 15) is 4.79 Å². The van der Waals surface area contributed by atoms with Crippen LogP contribution in [0.5, 0.6) is 0 Å². The van der Waals surface area contributed by atoms with Crippen LogP contribution in [0.4, 0.5) is 4.39 Å². The number of hydrogen-bond acceptors (Lipinski definition) is 6. The molecule has 4 rings (SSSR count). The van der Waals surface area contributed by atoms with Crippen LogP contribution in [0.25, 0.3) is 6.08 Å². The standard InChI is InChI=1S/C50H75FO6Si3/c1-36(38(3)56-60(49(7,8)9,39-24-19-17-20-25-39)40-26-21-18-22-27-40)31-33-44(57-59(15,16)48(4,5)6)46-43(54-50(10,11)55-46)29-23-28-41-42(51)32-30-37(2)45(41)47(52)53-34-35-58(12,13)14/h17-28,30-33,36,38,43-44,46H,29,34-35H2,1-16H3/b28-23+,33-31-/t36-,38+,43+,44?,46+/m1/s1. The lowest BCUT2D eigenvalue weighted by Crippen LogP contribution is -2.67. The van der Waals surface area contributed by atoms with E-state index in [1.165, 1.54) is 16.4 Å². The van der Waals surface area contributed by atoms with Crippen molar-refractivity contribution in [2.75, 3.05) is 6.61 Å². The summed E-state index contributed by atoms with van der Waals surface area (Å²) in [7, 11) is -6.54. The first-order valence-electron chi connectivity index (χ1n) is 21.8. The zero-order valence-corrected chi connectivity index (χ0v) is 42.6. The molecule has 0 bridgehead atoms. The van der Waals surface area contributed by atoms with E-state index in [0.29, 0.717) is 18.6 Å². The van der Waals surface area contributed by atoms with Crippen molar-refractivity contribution >= 4 is 47.1 Å². The summed E-state index contributed by atoms with van der Waals surface area (Å²) in [5.74, 6) is -1.82. The van der Waals surface area contributed by atoms with E-state index in [1.807, 2.05) is 26.8 Å². The molecule has 0 amide bonds. The van der Waals surface area contributed by atoms with Gasteiger partial charge in [0.25, 0.3) is 8.32 Å². The summed E-state index contributed by atoms with van der Waals surface area (Å²) >= 11 is 0. The quantitative estimate of drug-likeness (QED) is 0.0765. The Hall–Kier alpha value is -2.97. The van der Waals surface area contributed by atoms with Gasteiger partial charge in [-0.05, 0) is 91.3 Å². The number of halogens is 1. The molecule has 1 aliphatic rings. The normalized spacial score (nSPS) is 19.5. The topological polar surface area (TPSA) is 63.2 Å². The average Bonchev–Trinajstić information content (AvgIpc) is 3.46. The van der Waals surface area contributed by atoms with E-state index in [1.54, 1.807) is 12.1 Å². The summed E-state index contributed by atoms with van der Waals surface area (Å²) in [6, 6.07) is 25.4. The number of hydrogen-bond donors (Lipinski definition) is 0. The predicted octanol–water partition coefficient (Wildman–Crippen LogP) is 12.1. The second-order valence-corrected chi connectivity index (χ2v) is 35.6. The number of rotatable bonds is 17. The summed E-state index contributed by atoms with van der Waals surface area (Å²) in [6.07, 6.45) is 6.96. The molecule has 0 aromatic heterocycles. The van der Waals surface area contributed by atoms with Gasteiger partial charge >= 0.3 is 5.97 Å². The van der Waals surface area contributed by atoms with Gasteiger partial charge in [0.1, 0.15) is 11.9 Å². The van der Waals surface area contributed by atoms with Crippen molar-refractivity contribution in [2.45, 2.75) is 162 Å². The fourth-order valence-electron chi connectivity index (χ4n) is 7.55. The molecular weight excluding hydrogens is 800 g/mol. The first kappa shape index (κ1) is 49.7. The Bertz CT molecular complexity index is 1890. The van der Waals surface area contributed by atoms with Crippen LogP contribution in [-0.4, -0.2) is 67.5 Å². The molecule has 5 atom stereocenters. The molecule has 0 N–H and O–H groups in total. The van der Waals surface area contributed by atoms with Crippen LogP contribution < -0.4 is 10.4 Å². The smallest absolute Gasteiger partial charge is 0.339 e. The van der Waals surface area contributed by atoms with Gasteiger partial charge in [0.05, 0.1) is 24.4 Å². The third-order valence-corrected chi connectivity index (χ3v) is 23.6. The van der Waals surface area contributed by atoms with E-state index in [0.717, 1.165) is 6.04 Å². The average molecular weight is 875 g/mol. The second-order valence-electron chi connectivity index (χ2n) is 20.9. The molecule has 1 aliphatic heterocycles. The molecule has 0 radical (unpaired) electrons. The lowest BCUT2D eigenvalue weighted by Gasteiger charge is -2.45. The first-order valence-corrected chi connectivity index (χ1v) is 30.3. The number of ether oxygens (including phenoxy) is 3. The van der Waals surface area contributed by atoms with Crippen LogP contribution in [0.1, 0.15) is 97.1 Å². The second kappa shape index (κ2) is 19.6. The third kappa shape index (κ3) is 12.4. The van der Waals surface area contributed by atoms with Crippen LogP contribution in [0.15, 0.2) is 91.0 Å². The Kier molecular flexibility index (Phi) is 16.2. The molecule has 1 unspecified atom stereocenters. The Morgan fingerprint density at radius 3 is 1.90 bits per heavy atom. The molecule has 0 spiro atoms. The Morgan fingerprint density at radius 2 is 1.38 bits per heavy atom. The van der Waals surface area contributed by atoms with Crippen molar-refractivity contribution in [1.82, 2.24) is 0 Å². The Labute approximate surface area is 365 Å². The number of carbonyl (C=O) groups is 1. The SMILES string of the molecule is Cc1ccc(F)c(/C=C/C[C@@H]2OC(C)(C)O[C@@H]2C(/C=C\[C@@H](C)[C@H](C)O[Si](c2ccccc2)(c2ccccc2)C(C)(C)C)O[Si](C)(C)C(C)(C)C)c1C(=O)OCC[Si](C)(C)C. The number of carbonyl (C=O) groups excluding carboxylic acids is 1. The summed E-state index contributed by atoms with van der Waals surface area (Å²) in [5.41, 5.74) is 1.15. The van der Waals surface area contributed by atoms with Gasteiger partial charge in [0, 0.05) is 19.7 Å². The molecule has 10 heteroatoms. The first-order chi connectivity index (χ1) is 27.7. The molecule has 3 aromatic rings. The lowest BCUT2D eigenvalue weighted by atomic mass is 9.98. The van der Waals surface area contributed by atoms with Crippen molar-refractivity contribution in [3.05, 3.63) is 114 Å². The molecule has 1 saturated heterocycles.